The average molecular weight is 246 g/mol. The monoisotopic (exact) mass is 246 g/mol. The van der Waals surface area contributed by atoms with E-state index >= 15 is 0 Å². The zero-order chi connectivity index (χ0) is 13.2. The number of aryl methyl sites for hydroxylation is 1. The van der Waals surface area contributed by atoms with Crippen molar-refractivity contribution in [1.82, 2.24) is 10.3 Å². The van der Waals surface area contributed by atoms with Gasteiger partial charge in [0.05, 0.1) is 0 Å². The summed E-state index contributed by atoms with van der Waals surface area (Å²) in [6.45, 7) is 9.61. The molecule has 1 aromatic rings. The maximum atomic E-state index is 4.13. The minimum Gasteiger partial charge on any atom is -0.314 e. The lowest BCUT2D eigenvalue weighted by molar-refractivity contribution is 0.473. The smallest absolute Gasteiger partial charge is 0.0270 e. The quantitative estimate of drug-likeness (QED) is 0.671. The van der Waals surface area contributed by atoms with E-state index in [2.05, 4.69) is 42.9 Å². The summed E-state index contributed by atoms with van der Waals surface area (Å²) in [5, 5.41) is 3.63. The molecule has 100 valence electrons. The first-order valence-electron chi connectivity index (χ1n) is 7.05. The summed E-state index contributed by atoms with van der Waals surface area (Å²) < 4.78 is 0. The molecule has 0 amide bonds. The summed E-state index contributed by atoms with van der Waals surface area (Å²) in [5.41, 5.74) is 2.72. The zero-order valence-corrected chi connectivity index (χ0v) is 11.8. The van der Waals surface area contributed by atoms with Gasteiger partial charge in [-0.1, -0.05) is 26.0 Å². The van der Waals surface area contributed by atoms with Gasteiger partial charge in [0.2, 0.25) is 0 Å². The fourth-order valence-corrected chi connectivity index (χ4v) is 2.01. The predicted octanol–water partition coefficient (Wildman–Crippen LogP) is 3.74. The summed E-state index contributed by atoms with van der Waals surface area (Å²) in [7, 11) is 0. The summed E-state index contributed by atoms with van der Waals surface area (Å²) >= 11 is 0. The molecule has 1 rings (SSSR count). The Morgan fingerprint density at radius 1 is 1.33 bits per heavy atom. The van der Waals surface area contributed by atoms with Crippen LogP contribution in [-0.4, -0.2) is 17.6 Å². The normalized spacial score (nSPS) is 12.3. The summed E-state index contributed by atoms with van der Waals surface area (Å²) in [6.07, 6.45) is 9.39. The summed E-state index contributed by atoms with van der Waals surface area (Å²) in [6, 6.07) is 4.77. The third kappa shape index (κ3) is 5.97. The molecule has 1 heterocycles. The lowest BCUT2D eigenvalue weighted by Gasteiger charge is -2.19. The SMILES string of the molecule is C=C(CC)CC(CCc1ccncc1)NCCC. The Hall–Kier alpha value is -1.15. The second-order valence-electron chi connectivity index (χ2n) is 4.85. The number of rotatable bonds is 9. The van der Waals surface area contributed by atoms with Gasteiger partial charge in [0.1, 0.15) is 0 Å². The van der Waals surface area contributed by atoms with Gasteiger partial charge >= 0.3 is 0 Å². The largest absolute Gasteiger partial charge is 0.314 e. The van der Waals surface area contributed by atoms with Crippen LogP contribution in [0.1, 0.15) is 45.1 Å². The van der Waals surface area contributed by atoms with Crippen LogP contribution < -0.4 is 5.32 Å². The van der Waals surface area contributed by atoms with Crippen molar-refractivity contribution < 1.29 is 0 Å². The Morgan fingerprint density at radius 3 is 2.67 bits per heavy atom. The topological polar surface area (TPSA) is 24.9 Å². The highest BCUT2D eigenvalue weighted by Crippen LogP contribution is 2.12. The molecule has 1 unspecified atom stereocenters. The van der Waals surface area contributed by atoms with E-state index < -0.39 is 0 Å². The van der Waals surface area contributed by atoms with Crippen LogP contribution >= 0.6 is 0 Å². The summed E-state index contributed by atoms with van der Waals surface area (Å²) in [4.78, 5) is 4.05. The Morgan fingerprint density at radius 2 is 2.06 bits per heavy atom. The van der Waals surface area contributed by atoms with Crippen molar-refractivity contribution in [3.05, 3.63) is 42.2 Å². The molecule has 0 saturated heterocycles. The van der Waals surface area contributed by atoms with Gasteiger partial charge in [-0.25, -0.2) is 0 Å². The van der Waals surface area contributed by atoms with Crippen molar-refractivity contribution in [1.29, 1.82) is 0 Å². The van der Waals surface area contributed by atoms with Crippen LogP contribution in [0.2, 0.25) is 0 Å². The second kappa shape index (κ2) is 8.87. The Kier molecular flexibility index (Phi) is 7.35. The van der Waals surface area contributed by atoms with E-state index in [1.165, 1.54) is 24.0 Å². The van der Waals surface area contributed by atoms with Gasteiger partial charge in [0.25, 0.3) is 0 Å². The maximum Gasteiger partial charge on any atom is 0.0270 e. The molecule has 0 aliphatic heterocycles. The minimum absolute atomic E-state index is 0.561. The van der Waals surface area contributed by atoms with Crippen LogP contribution in [-0.2, 0) is 6.42 Å². The van der Waals surface area contributed by atoms with Crippen molar-refractivity contribution in [2.24, 2.45) is 0 Å². The van der Waals surface area contributed by atoms with Gasteiger partial charge < -0.3 is 5.32 Å². The third-order valence-corrected chi connectivity index (χ3v) is 3.25. The van der Waals surface area contributed by atoms with Crippen molar-refractivity contribution in [2.45, 2.75) is 52.0 Å². The number of hydrogen-bond acceptors (Lipinski definition) is 2. The Labute approximate surface area is 112 Å². The lowest BCUT2D eigenvalue weighted by Crippen LogP contribution is -2.30. The van der Waals surface area contributed by atoms with Gasteiger partial charge in [-0.2, -0.15) is 0 Å². The lowest BCUT2D eigenvalue weighted by atomic mass is 9.99. The highest BCUT2D eigenvalue weighted by molar-refractivity contribution is 5.10. The standard InChI is InChI=1S/C16H26N2/c1-4-10-18-16(13-14(3)5-2)7-6-15-8-11-17-12-9-15/h8-9,11-12,16,18H,3-7,10,13H2,1-2H3. The molecule has 1 N–H and O–H groups in total. The van der Waals surface area contributed by atoms with Crippen LogP contribution in [0.3, 0.4) is 0 Å². The van der Waals surface area contributed by atoms with E-state index in [9.17, 15) is 0 Å². The first kappa shape index (κ1) is 14.9. The van der Waals surface area contributed by atoms with Crippen LogP contribution in [0.25, 0.3) is 0 Å². The van der Waals surface area contributed by atoms with Crippen LogP contribution in [0.4, 0.5) is 0 Å². The Bertz CT molecular complexity index is 332. The first-order chi connectivity index (χ1) is 8.76. The van der Waals surface area contributed by atoms with E-state index in [-0.39, 0.29) is 0 Å². The van der Waals surface area contributed by atoms with Gasteiger partial charge in [0.15, 0.2) is 0 Å². The molecule has 0 radical (unpaired) electrons. The molecule has 0 fully saturated rings. The van der Waals surface area contributed by atoms with Crippen molar-refractivity contribution in [2.75, 3.05) is 6.54 Å². The number of pyridine rings is 1. The number of nitrogens with one attached hydrogen (secondary N) is 1. The molecule has 0 aromatic carbocycles. The van der Waals surface area contributed by atoms with E-state index in [1.807, 2.05) is 12.4 Å². The van der Waals surface area contributed by atoms with Gasteiger partial charge in [-0.05, 0) is 56.3 Å². The molecule has 0 spiro atoms. The summed E-state index contributed by atoms with van der Waals surface area (Å²) in [5.74, 6) is 0. The molecule has 18 heavy (non-hydrogen) atoms. The molecule has 1 atom stereocenters. The molecule has 0 bridgehead atoms. The fraction of sp³-hybridized carbons (Fsp3) is 0.562. The molecule has 2 heteroatoms. The van der Waals surface area contributed by atoms with Crippen molar-refractivity contribution in [3.63, 3.8) is 0 Å². The van der Waals surface area contributed by atoms with Gasteiger partial charge in [0, 0.05) is 18.4 Å². The van der Waals surface area contributed by atoms with E-state index in [0.717, 1.165) is 25.8 Å². The Balaban J connectivity index is 2.42. The van der Waals surface area contributed by atoms with Crippen LogP contribution in [0.5, 0.6) is 0 Å². The molecule has 0 saturated carbocycles. The average Bonchev–Trinajstić information content (AvgIpc) is 2.42. The third-order valence-electron chi connectivity index (χ3n) is 3.25. The predicted molar refractivity (Wildman–Crippen MR) is 78.7 cm³/mol. The molecule has 2 nitrogen and oxygen atoms in total. The van der Waals surface area contributed by atoms with E-state index in [4.69, 9.17) is 0 Å². The minimum atomic E-state index is 0.561. The fourth-order valence-electron chi connectivity index (χ4n) is 2.01. The van der Waals surface area contributed by atoms with E-state index in [1.54, 1.807) is 0 Å². The molecule has 0 aliphatic rings. The second-order valence-corrected chi connectivity index (χ2v) is 4.85. The zero-order valence-electron chi connectivity index (χ0n) is 11.8. The van der Waals surface area contributed by atoms with Gasteiger partial charge in [-0.15, -0.1) is 0 Å². The molecule has 1 aromatic heterocycles. The molecule has 0 aliphatic carbocycles. The molecular weight excluding hydrogens is 220 g/mol. The van der Waals surface area contributed by atoms with Crippen LogP contribution in [0.15, 0.2) is 36.7 Å². The van der Waals surface area contributed by atoms with Gasteiger partial charge in [-0.3, -0.25) is 4.98 Å². The van der Waals surface area contributed by atoms with Crippen molar-refractivity contribution >= 4 is 0 Å². The van der Waals surface area contributed by atoms with Crippen molar-refractivity contribution in [3.8, 4) is 0 Å². The molecular formula is C16H26N2. The maximum absolute atomic E-state index is 4.13. The number of hydrogen-bond donors (Lipinski definition) is 1. The van der Waals surface area contributed by atoms with E-state index in [0.29, 0.717) is 6.04 Å². The van der Waals surface area contributed by atoms with Crippen LogP contribution in [0, 0.1) is 0 Å². The number of nitrogens with zero attached hydrogens (tertiary/aromatic N) is 1. The first-order valence-corrected chi connectivity index (χ1v) is 7.05. The number of aromatic nitrogens is 1. The highest BCUT2D eigenvalue weighted by atomic mass is 14.9. The highest BCUT2D eigenvalue weighted by Gasteiger charge is 2.09.